The number of rotatable bonds is 5. The van der Waals surface area contributed by atoms with E-state index in [9.17, 15) is 0 Å². The first kappa shape index (κ1) is 10.7. The molecule has 0 saturated heterocycles. The van der Waals surface area contributed by atoms with Gasteiger partial charge in [0.2, 0.25) is 0 Å². The van der Waals surface area contributed by atoms with Crippen molar-refractivity contribution in [1.29, 1.82) is 0 Å². The molecule has 1 aromatic rings. The van der Waals surface area contributed by atoms with Crippen LogP contribution >= 0.6 is 11.3 Å². The molecule has 0 fully saturated rings. The average Bonchev–Trinajstić information content (AvgIpc) is 2.62. The quantitative estimate of drug-likeness (QED) is 0.786. The number of hydrogen-bond acceptors (Lipinski definition) is 3. The topological polar surface area (TPSA) is 24.9 Å². The van der Waals surface area contributed by atoms with E-state index in [1.54, 1.807) is 11.3 Å². The van der Waals surface area contributed by atoms with Gasteiger partial charge in [0.15, 0.2) is 0 Å². The highest BCUT2D eigenvalue weighted by Gasteiger charge is 2.07. The largest absolute Gasteiger partial charge is 0.319 e. The van der Waals surface area contributed by atoms with Gasteiger partial charge in [-0.1, -0.05) is 13.8 Å². The molecule has 1 N–H and O–H groups in total. The maximum Gasteiger partial charge on any atom is 0.0956 e. The molecule has 13 heavy (non-hydrogen) atoms. The summed E-state index contributed by atoms with van der Waals surface area (Å²) < 4.78 is 0. The number of nitrogens with one attached hydrogen (secondary N) is 1. The van der Waals surface area contributed by atoms with Crippen LogP contribution in [-0.4, -0.2) is 18.6 Å². The molecular weight excluding hydrogens is 180 g/mol. The number of aromatic nitrogens is 1. The fraction of sp³-hybridized carbons (Fsp3) is 0.700. The molecule has 0 bridgehead atoms. The van der Waals surface area contributed by atoms with Crippen LogP contribution < -0.4 is 5.32 Å². The second-order valence-electron chi connectivity index (χ2n) is 3.34. The third-order valence-electron chi connectivity index (χ3n) is 2.23. The monoisotopic (exact) mass is 198 g/mol. The van der Waals surface area contributed by atoms with E-state index >= 15 is 0 Å². The van der Waals surface area contributed by atoms with Crippen LogP contribution in [0.4, 0.5) is 0 Å². The number of hydrogen-bond donors (Lipinski definition) is 1. The Kier molecular flexibility index (Phi) is 4.39. The van der Waals surface area contributed by atoms with Crippen molar-refractivity contribution < 1.29 is 0 Å². The minimum absolute atomic E-state index is 0.619. The Hall–Kier alpha value is -0.410. The van der Waals surface area contributed by atoms with Crippen molar-refractivity contribution in [2.75, 3.05) is 13.6 Å². The molecule has 1 heterocycles. The van der Waals surface area contributed by atoms with E-state index in [0.717, 1.165) is 13.0 Å². The van der Waals surface area contributed by atoms with Gasteiger partial charge < -0.3 is 5.32 Å². The van der Waals surface area contributed by atoms with Gasteiger partial charge in [-0.15, -0.1) is 11.3 Å². The highest BCUT2D eigenvalue weighted by atomic mass is 32.1. The van der Waals surface area contributed by atoms with Crippen LogP contribution in [0.15, 0.2) is 5.38 Å². The van der Waals surface area contributed by atoms with Crippen molar-refractivity contribution in [3.05, 3.63) is 16.1 Å². The summed E-state index contributed by atoms with van der Waals surface area (Å²) in [5, 5.41) is 6.60. The fourth-order valence-corrected chi connectivity index (χ4v) is 2.09. The maximum absolute atomic E-state index is 4.60. The van der Waals surface area contributed by atoms with E-state index in [-0.39, 0.29) is 0 Å². The Balaban J connectivity index is 2.53. The standard InChI is InChI=1S/C10H18N2S/c1-4-8(2)10-12-9(7-13-10)5-6-11-3/h7-8,11H,4-6H2,1-3H3. The van der Waals surface area contributed by atoms with Gasteiger partial charge in [0.05, 0.1) is 10.7 Å². The minimum Gasteiger partial charge on any atom is -0.319 e. The first-order valence-electron chi connectivity index (χ1n) is 4.86. The SMILES string of the molecule is CCC(C)c1nc(CCNC)cs1. The summed E-state index contributed by atoms with van der Waals surface area (Å²) >= 11 is 1.79. The summed E-state index contributed by atoms with van der Waals surface area (Å²) in [6.07, 6.45) is 2.22. The van der Waals surface area contributed by atoms with E-state index in [4.69, 9.17) is 0 Å². The molecule has 0 aliphatic carbocycles. The molecule has 0 aliphatic heterocycles. The van der Waals surface area contributed by atoms with Crippen molar-refractivity contribution in [2.45, 2.75) is 32.6 Å². The Morgan fingerprint density at radius 2 is 2.38 bits per heavy atom. The molecule has 1 aromatic heterocycles. The lowest BCUT2D eigenvalue weighted by molar-refractivity contribution is 0.715. The summed E-state index contributed by atoms with van der Waals surface area (Å²) in [5.41, 5.74) is 1.23. The molecule has 3 heteroatoms. The Bertz CT molecular complexity index is 245. The van der Waals surface area contributed by atoms with Crippen LogP contribution in [0.1, 0.15) is 36.9 Å². The Morgan fingerprint density at radius 3 is 3.00 bits per heavy atom. The van der Waals surface area contributed by atoms with Gasteiger partial charge in [-0.05, 0) is 13.5 Å². The lowest BCUT2D eigenvalue weighted by Gasteiger charge is -2.01. The van der Waals surface area contributed by atoms with E-state index in [1.807, 2.05) is 7.05 Å². The van der Waals surface area contributed by atoms with Crippen LogP contribution in [0.3, 0.4) is 0 Å². The highest BCUT2D eigenvalue weighted by Crippen LogP contribution is 2.22. The first-order chi connectivity index (χ1) is 6.27. The second-order valence-corrected chi connectivity index (χ2v) is 4.23. The molecule has 0 aliphatic rings. The highest BCUT2D eigenvalue weighted by molar-refractivity contribution is 7.09. The molecular formula is C10H18N2S. The molecule has 2 nitrogen and oxygen atoms in total. The molecule has 1 atom stereocenters. The molecule has 1 rings (SSSR count). The first-order valence-corrected chi connectivity index (χ1v) is 5.74. The van der Waals surface area contributed by atoms with Crippen molar-refractivity contribution in [3.8, 4) is 0 Å². The summed E-state index contributed by atoms with van der Waals surface area (Å²) in [6, 6.07) is 0. The lowest BCUT2D eigenvalue weighted by atomic mass is 10.1. The lowest BCUT2D eigenvalue weighted by Crippen LogP contribution is -2.10. The molecule has 0 amide bonds. The minimum atomic E-state index is 0.619. The van der Waals surface area contributed by atoms with Crippen molar-refractivity contribution >= 4 is 11.3 Å². The normalized spacial score (nSPS) is 13.2. The van der Waals surface area contributed by atoms with E-state index in [0.29, 0.717) is 5.92 Å². The predicted molar refractivity (Wildman–Crippen MR) is 58.5 cm³/mol. The number of nitrogens with zero attached hydrogens (tertiary/aromatic N) is 1. The Labute approximate surface area is 84.4 Å². The zero-order chi connectivity index (χ0) is 9.68. The fourth-order valence-electron chi connectivity index (χ4n) is 1.09. The van der Waals surface area contributed by atoms with Crippen molar-refractivity contribution in [2.24, 2.45) is 0 Å². The molecule has 0 spiro atoms. The van der Waals surface area contributed by atoms with Gasteiger partial charge in [-0.2, -0.15) is 0 Å². The van der Waals surface area contributed by atoms with Gasteiger partial charge in [0.1, 0.15) is 0 Å². The molecule has 0 aromatic carbocycles. The van der Waals surface area contributed by atoms with E-state index in [2.05, 4.69) is 29.5 Å². The van der Waals surface area contributed by atoms with Crippen LogP contribution in [-0.2, 0) is 6.42 Å². The number of thiazole rings is 1. The molecule has 0 radical (unpaired) electrons. The van der Waals surface area contributed by atoms with Crippen LogP contribution in [0, 0.1) is 0 Å². The van der Waals surface area contributed by atoms with Gasteiger partial charge in [0, 0.05) is 24.3 Å². The van der Waals surface area contributed by atoms with Gasteiger partial charge in [-0.25, -0.2) is 4.98 Å². The zero-order valence-corrected chi connectivity index (χ0v) is 9.45. The smallest absolute Gasteiger partial charge is 0.0956 e. The molecule has 1 unspecified atom stereocenters. The predicted octanol–water partition coefficient (Wildman–Crippen LogP) is 2.42. The maximum atomic E-state index is 4.60. The van der Waals surface area contributed by atoms with Crippen LogP contribution in [0.5, 0.6) is 0 Å². The van der Waals surface area contributed by atoms with Crippen LogP contribution in [0.2, 0.25) is 0 Å². The van der Waals surface area contributed by atoms with Gasteiger partial charge in [-0.3, -0.25) is 0 Å². The zero-order valence-electron chi connectivity index (χ0n) is 8.63. The van der Waals surface area contributed by atoms with E-state index in [1.165, 1.54) is 17.1 Å². The Morgan fingerprint density at radius 1 is 1.62 bits per heavy atom. The number of likely N-dealkylation sites (N-methyl/N-ethyl adjacent to an activating group) is 1. The molecule has 74 valence electrons. The van der Waals surface area contributed by atoms with E-state index < -0.39 is 0 Å². The summed E-state index contributed by atoms with van der Waals surface area (Å²) in [7, 11) is 1.97. The van der Waals surface area contributed by atoms with Crippen molar-refractivity contribution in [1.82, 2.24) is 10.3 Å². The molecule has 0 saturated carbocycles. The third-order valence-corrected chi connectivity index (χ3v) is 3.36. The average molecular weight is 198 g/mol. The van der Waals surface area contributed by atoms with Crippen molar-refractivity contribution in [3.63, 3.8) is 0 Å². The summed E-state index contributed by atoms with van der Waals surface area (Å²) in [4.78, 5) is 4.60. The summed E-state index contributed by atoms with van der Waals surface area (Å²) in [5.74, 6) is 0.619. The van der Waals surface area contributed by atoms with Gasteiger partial charge >= 0.3 is 0 Å². The second kappa shape index (κ2) is 5.35. The van der Waals surface area contributed by atoms with Gasteiger partial charge in [0.25, 0.3) is 0 Å². The third kappa shape index (κ3) is 3.08. The van der Waals surface area contributed by atoms with Crippen LogP contribution in [0.25, 0.3) is 0 Å². The summed E-state index contributed by atoms with van der Waals surface area (Å²) in [6.45, 7) is 5.46.